The summed E-state index contributed by atoms with van der Waals surface area (Å²) in [5, 5.41) is 4.80. The van der Waals surface area contributed by atoms with Crippen LogP contribution in [-0.4, -0.2) is 20.3 Å². The fraction of sp³-hybridized carbons (Fsp3) is 0.0909. The number of carbonyl (C=O) groups excluding carboxylic acids is 1. The third-order valence-corrected chi connectivity index (χ3v) is 7.56. The Labute approximate surface area is 189 Å². The van der Waals surface area contributed by atoms with Gasteiger partial charge in [0.25, 0.3) is 11.5 Å². The SMILES string of the molecule is Cc1cccc(C(=O)Nc2ccc3nc(SCc4cc(=O)n5ccsc5n4)sc3c2)c1. The van der Waals surface area contributed by atoms with Gasteiger partial charge in [-0.15, -0.1) is 22.7 Å². The summed E-state index contributed by atoms with van der Waals surface area (Å²) >= 11 is 4.55. The summed E-state index contributed by atoms with van der Waals surface area (Å²) in [6, 6.07) is 14.8. The van der Waals surface area contributed by atoms with Crippen LogP contribution >= 0.6 is 34.4 Å². The Bertz CT molecular complexity index is 1490. The molecule has 0 aliphatic carbocycles. The molecule has 2 aromatic carbocycles. The van der Waals surface area contributed by atoms with E-state index in [-0.39, 0.29) is 11.5 Å². The predicted molar refractivity (Wildman–Crippen MR) is 128 cm³/mol. The summed E-state index contributed by atoms with van der Waals surface area (Å²) in [4.78, 5) is 34.5. The monoisotopic (exact) mass is 464 g/mol. The molecule has 0 atom stereocenters. The number of thiazole rings is 2. The fourth-order valence-electron chi connectivity index (χ4n) is 3.13. The van der Waals surface area contributed by atoms with Gasteiger partial charge in [0.2, 0.25) is 0 Å². The minimum Gasteiger partial charge on any atom is -0.322 e. The molecule has 0 saturated heterocycles. The number of nitrogens with one attached hydrogen (secondary N) is 1. The number of benzene rings is 2. The van der Waals surface area contributed by atoms with Gasteiger partial charge >= 0.3 is 0 Å². The van der Waals surface area contributed by atoms with Crippen LogP contribution < -0.4 is 10.9 Å². The molecule has 1 N–H and O–H groups in total. The van der Waals surface area contributed by atoms with Crippen molar-refractivity contribution >= 4 is 61.2 Å². The van der Waals surface area contributed by atoms with Crippen molar-refractivity contribution in [3.8, 4) is 0 Å². The molecule has 1 amide bonds. The first-order chi connectivity index (χ1) is 15.0. The van der Waals surface area contributed by atoms with Gasteiger partial charge < -0.3 is 5.32 Å². The zero-order valence-corrected chi connectivity index (χ0v) is 18.8. The summed E-state index contributed by atoms with van der Waals surface area (Å²) in [5.74, 6) is 0.434. The van der Waals surface area contributed by atoms with E-state index in [9.17, 15) is 9.59 Å². The second-order valence-electron chi connectivity index (χ2n) is 6.92. The van der Waals surface area contributed by atoms with Crippen LogP contribution in [0.3, 0.4) is 0 Å². The highest BCUT2D eigenvalue weighted by atomic mass is 32.2. The summed E-state index contributed by atoms with van der Waals surface area (Å²) < 4.78 is 3.43. The Morgan fingerprint density at radius 2 is 2.06 bits per heavy atom. The first-order valence-electron chi connectivity index (χ1n) is 9.42. The quantitative estimate of drug-likeness (QED) is 0.361. The fourth-order valence-corrected chi connectivity index (χ4v) is 5.87. The lowest BCUT2D eigenvalue weighted by Gasteiger charge is -2.05. The predicted octanol–water partition coefficient (Wildman–Crippen LogP) is 5.22. The van der Waals surface area contributed by atoms with Crippen LogP contribution in [0.2, 0.25) is 0 Å². The van der Waals surface area contributed by atoms with Crippen molar-refractivity contribution in [1.29, 1.82) is 0 Å². The molecule has 3 aromatic heterocycles. The minimum atomic E-state index is -0.136. The van der Waals surface area contributed by atoms with E-state index in [1.165, 1.54) is 11.3 Å². The molecule has 0 aliphatic heterocycles. The minimum absolute atomic E-state index is 0.0693. The molecular formula is C22H16N4O2S3. The number of fused-ring (bicyclic) bond motifs is 2. The van der Waals surface area contributed by atoms with Crippen molar-refractivity contribution in [2.75, 3.05) is 5.32 Å². The Kier molecular flexibility index (Phi) is 5.31. The largest absolute Gasteiger partial charge is 0.322 e. The second-order valence-corrected chi connectivity index (χ2v) is 10.0. The molecule has 6 nitrogen and oxygen atoms in total. The summed E-state index contributed by atoms with van der Waals surface area (Å²) in [7, 11) is 0. The Morgan fingerprint density at radius 1 is 1.16 bits per heavy atom. The molecule has 0 bridgehead atoms. The average Bonchev–Trinajstić information content (AvgIpc) is 3.38. The molecule has 31 heavy (non-hydrogen) atoms. The molecule has 3 heterocycles. The number of nitrogens with zero attached hydrogens (tertiary/aromatic N) is 3. The number of carbonyl (C=O) groups is 1. The van der Waals surface area contributed by atoms with Crippen LogP contribution in [0.1, 0.15) is 21.6 Å². The van der Waals surface area contributed by atoms with E-state index in [4.69, 9.17) is 0 Å². The highest BCUT2D eigenvalue weighted by molar-refractivity contribution is 8.00. The van der Waals surface area contributed by atoms with Crippen LogP contribution in [0.5, 0.6) is 0 Å². The van der Waals surface area contributed by atoms with Crippen LogP contribution in [-0.2, 0) is 5.75 Å². The van der Waals surface area contributed by atoms with Gasteiger partial charge in [-0.1, -0.05) is 29.5 Å². The molecule has 154 valence electrons. The Balaban J connectivity index is 1.32. The van der Waals surface area contributed by atoms with Gasteiger partial charge in [0.15, 0.2) is 9.30 Å². The molecule has 0 unspecified atom stereocenters. The van der Waals surface area contributed by atoms with E-state index in [0.29, 0.717) is 16.3 Å². The van der Waals surface area contributed by atoms with Crippen molar-refractivity contribution in [1.82, 2.24) is 14.4 Å². The number of hydrogen-bond acceptors (Lipinski definition) is 7. The van der Waals surface area contributed by atoms with Crippen molar-refractivity contribution in [3.05, 3.63) is 87.3 Å². The van der Waals surface area contributed by atoms with E-state index in [2.05, 4.69) is 15.3 Å². The van der Waals surface area contributed by atoms with Gasteiger partial charge in [-0.05, 0) is 37.3 Å². The maximum atomic E-state index is 12.5. The molecule has 0 saturated carbocycles. The van der Waals surface area contributed by atoms with E-state index in [1.807, 2.05) is 48.7 Å². The van der Waals surface area contributed by atoms with Crippen molar-refractivity contribution in [3.63, 3.8) is 0 Å². The van der Waals surface area contributed by atoms with Gasteiger partial charge in [0, 0.05) is 34.6 Å². The van der Waals surface area contributed by atoms with Crippen LogP contribution in [0.15, 0.2) is 69.2 Å². The summed E-state index contributed by atoms with van der Waals surface area (Å²) in [5.41, 5.74) is 3.96. The number of hydrogen-bond donors (Lipinski definition) is 1. The molecule has 5 rings (SSSR count). The summed E-state index contributed by atoms with van der Waals surface area (Å²) in [6.45, 7) is 1.96. The molecule has 0 spiro atoms. The summed E-state index contributed by atoms with van der Waals surface area (Å²) in [6.07, 6.45) is 1.73. The van der Waals surface area contributed by atoms with Crippen LogP contribution in [0.4, 0.5) is 5.69 Å². The maximum absolute atomic E-state index is 12.5. The zero-order valence-electron chi connectivity index (χ0n) is 16.4. The van der Waals surface area contributed by atoms with E-state index in [1.54, 1.807) is 45.8 Å². The third-order valence-electron chi connectivity index (χ3n) is 4.61. The molecule has 5 aromatic rings. The lowest BCUT2D eigenvalue weighted by molar-refractivity contribution is 0.102. The van der Waals surface area contributed by atoms with Crippen LogP contribution in [0.25, 0.3) is 15.2 Å². The average molecular weight is 465 g/mol. The molecule has 9 heteroatoms. The smallest absolute Gasteiger partial charge is 0.258 e. The van der Waals surface area contributed by atoms with Crippen molar-refractivity contribution < 1.29 is 4.79 Å². The maximum Gasteiger partial charge on any atom is 0.258 e. The van der Waals surface area contributed by atoms with Gasteiger partial charge in [-0.2, -0.15) is 0 Å². The zero-order chi connectivity index (χ0) is 21.4. The van der Waals surface area contributed by atoms with Gasteiger partial charge in [0.1, 0.15) is 0 Å². The Hall–Kier alpha value is -3.01. The first kappa shape index (κ1) is 19.9. The highest BCUT2D eigenvalue weighted by Crippen LogP contribution is 2.32. The normalized spacial score (nSPS) is 11.3. The molecular weight excluding hydrogens is 448 g/mol. The highest BCUT2D eigenvalue weighted by Gasteiger charge is 2.10. The molecule has 0 radical (unpaired) electrons. The number of anilines is 1. The van der Waals surface area contributed by atoms with Crippen molar-refractivity contribution in [2.24, 2.45) is 0 Å². The Morgan fingerprint density at radius 3 is 2.94 bits per heavy atom. The van der Waals surface area contributed by atoms with Crippen molar-refractivity contribution in [2.45, 2.75) is 17.0 Å². The molecule has 0 aliphatic rings. The lowest BCUT2D eigenvalue weighted by Crippen LogP contribution is -2.12. The van der Waals surface area contributed by atoms with E-state index >= 15 is 0 Å². The van der Waals surface area contributed by atoms with E-state index < -0.39 is 0 Å². The van der Waals surface area contributed by atoms with Crippen LogP contribution in [0, 0.1) is 6.92 Å². The van der Waals surface area contributed by atoms with Gasteiger partial charge in [-0.25, -0.2) is 9.97 Å². The van der Waals surface area contributed by atoms with Gasteiger partial charge in [-0.3, -0.25) is 14.0 Å². The lowest BCUT2D eigenvalue weighted by atomic mass is 10.1. The number of thioether (sulfide) groups is 1. The number of aryl methyl sites for hydroxylation is 1. The topological polar surface area (TPSA) is 76.4 Å². The first-order valence-corrected chi connectivity index (χ1v) is 12.1. The third kappa shape index (κ3) is 4.25. The number of rotatable bonds is 5. The second kappa shape index (κ2) is 8.26. The van der Waals surface area contributed by atoms with Gasteiger partial charge in [0.05, 0.1) is 15.9 Å². The molecule has 0 fully saturated rings. The van der Waals surface area contributed by atoms with E-state index in [0.717, 1.165) is 31.5 Å². The number of aromatic nitrogens is 3. The number of amides is 1. The standard InChI is InChI=1S/C22H16N4O2S3/c1-13-3-2-4-14(9-13)20(28)23-15-5-6-17-18(10-15)31-22(25-17)30-12-16-11-19(27)26-7-8-29-21(26)24-16/h2-11H,12H2,1H3,(H,23,28).